The van der Waals surface area contributed by atoms with E-state index in [9.17, 15) is 0 Å². The van der Waals surface area contributed by atoms with Crippen LogP contribution in [-0.2, 0) is 6.42 Å². The van der Waals surface area contributed by atoms with Crippen molar-refractivity contribution in [1.82, 2.24) is 0 Å². The van der Waals surface area contributed by atoms with Gasteiger partial charge in [0.05, 0.1) is 7.11 Å². The van der Waals surface area contributed by atoms with E-state index in [-0.39, 0.29) is 0 Å². The summed E-state index contributed by atoms with van der Waals surface area (Å²) in [7, 11) is 1.68. The molecule has 0 heterocycles. The van der Waals surface area contributed by atoms with E-state index in [2.05, 4.69) is 0 Å². The van der Waals surface area contributed by atoms with E-state index in [1.165, 1.54) is 0 Å². The third-order valence-electron chi connectivity index (χ3n) is 2.87. The fourth-order valence-electron chi connectivity index (χ4n) is 2.15. The zero-order valence-corrected chi connectivity index (χ0v) is 11.3. The Morgan fingerprint density at radius 3 is 2.67 bits per heavy atom. The van der Waals surface area contributed by atoms with Gasteiger partial charge in [-0.25, -0.2) is 0 Å². The molecule has 0 saturated carbocycles. The maximum absolute atomic E-state index is 6.10. The van der Waals surface area contributed by atoms with E-state index in [0.717, 1.165) is 39.6 Å². The Bertz CT molecular complexity index is 566. The van der Waals surface area contributed by atoms with Crippen LogP contribution in [0.1, 0.15) is 16.7 Å². The predicted molar refractivity (Wildman–Crippen MR) is 76.4 cm³/mol. The first kappa shape index (κ1) is 12.8. The fourth-order valence-corrected chi connectivity index (χ4v) is 2.44. The van der Waals surface area contributed by atoms with Crippen LogP contribution in [0.5, 0.6) is 5.75 Å². The van der Waals surface area contributed by atoms with Crippen molar-refractivity contribution in [3.8, 4) is 5.75 Å². The molecule has 18 heavy (non-hydrogen) atoms. The minimum atomic E-state index is 0.729. The molecule has 0 radical (unpaired) electrons. The van der Waals surface area contributed by atoms with Gasteiger partial charge in [-0.1, -0.05) is 23.7 Å². The number of ether oxygens (including phenoxy) is 1. The first-order valence-electron chi connectivity index (χ1n) is 5.77. The van der Waals surface area contributed by atoms with Crippen molar-refractivity contribution in [2.24, 2.45) is 0 Å². The fraction of sp³-hybridized carbons (Fsp3) is 0.200. The molecule has 0 aliphatic carbocycles. The van der Waals surface area contributed by atoms with Gasteiger partial charge in [0, 0.05) is 22.7 Å². The number of anilines is 1. The summed E-state index contributed by atoms with van der Waals surface area (Å²) in [5.74, 6) is 0.891. The summed E-state index contributed by atoms with van der Waals surface area (Å²) in [6.45, 7) is 1.99. The Morgan fingerprint density at radius 2 is 2.00 bits per heavy atom. The summed E-state index contributed by atoms with van der Waals surface area (Å²) in [6, 6.07) is 11.7. The minimum Gasteiger partial charge on any atom is -0.496 e. The molecule has 0 bridgehead atoms. The molecule has 0 saturated heterocycles. The average Bonchev–Trinajstić information content (AvgIpc) is 2.28. The molecule has 3 heteroatoms. The lowest BCUT2D eigenvalue weighted by molar-refractivity contribution is 0.407. The summed E-state index contributed by atoms with van der Waals surface area (Å²) < 4.78 is 5.44. The van der Waals surface area contributed by atoms with Gasteiger partial charge in [0.1, 0.15) is 5.75 Å². The van der Waals surface area contributed by atoms with Gasteiger partial charge in [-0.3, -0.25) is 0 Å². The number of hydrogen-bond acceptors (Lipinski definition) is 2. The van der Waals surface area contributed by atoms with E-state index < -0.39 is 0 Å². The monoisotopic (exact) mass is 261 g/mol. The third-order valence-corrected chi connectivity index (χ3v) is 3.08. The molecular formula is C15H16ClNO. The van der Waals surface area contributed by atoms with Crippen molar-refractivity contribution in [1.29, 1.82) is 0 Å². The third kappa shape index (κ3) is 2.77. The van der Waals surface area contributed by atoms with Crippen LogP contribution in [0, 0.1) is 6.92 Å². The number of benzene rings is 2. The molecule has 94 valence electrons. The Kier molecular flexibility index (Phi) is 3.78. The molecule has 0 fully saturated rings. The first-order chi connectivity index (χ1) is 8.60. The number of methoxy groups -OCH3 is 1. The van der Waals surface area contributed by atoms with Crippen molar-refractivity contribution in [3.05, 3.63) is 58.1 Å². The van der Waals surface area contributed by atoms with Crippen LogP contribution in [0.25, 0.3) is 0 Å². The second kappa shape index (κ2) is 5.32. The van der Waals surface area contributed by atoms with E-state index in [0.29, 0.717) is 0 Å². The lowest BCUT2D eigenvalue weighted by Crippen LogP contribution is -1.97. The van der Waals surface area contributed by atoms with E-state index in [1.807, 2.05) is 43.3 Å². The maximum Gasteiger partial charge on any atom is 0.125 e. The lowest BCUT2D eigenvalue weighted by atomic mass is 10.0. The smallest absolute Gasteiger partial charge is 0.125 e. The molecule has 0 unspecified atom stereocenters. The summed E-state index contributed by atoms with van der Waals surface area (Å²) in [5, 5.41) is 0.729. The van der Waals surface area contributed by atoms with Crippen LogP contribution in [0.3, 0.4) is 0 Å². The average molecular weight is 262 g/mol. The molecular weight excluding hydrogens is 246 g/mol. The molecule has 0 spiro atoms. The minimum absolute atomic E-state index is 0.729. The highest BCUT2D eigenvalue weighted by Gasteiger charge is 2.09. The van der Waals surface area contributed by atoms with Gasteiger partial charge in [0.2, 0.25) is 0 Å². The summed E-state index contributed by atoms with van der Waals surface area (Å²) in [6.07, 6.45) is 0.760. The SMILES string of the molecule is COc1c(C)cc(Cl)cc1Cc1cccc(N)c1. The molecule has 0 aliphatic rings. The molecule has 0 atom stereocenters. The van der Waals surface area contributed by atoms with Crippen molar-refractivity contribution in [2.75, 3.05) is 12.8 Å². The number of hydrogen-bond donors (Lipinski definition) is 1. The Labute approximate surface area is 112 Å². The van der Waals surface area contributed by atoms with Crippen molar-refractivity contribution in [3.63, 3.8) is 0 Å². The zero-order valence-electron chi connectivity index (χ0n) is 10.5. The quantitative estimate of drug-likeness (QED) is 0.853. The summed E-state index contributed by atoms with van der Waals surface area (Å²) in [4.78, 5) is 0. The Hall–Kier alpha value is -1.67. The van der Waals surface area contributed by atoms with Crippen molar-refractivity contribution < 1.29 is 4.74 Å². The van der Waals surface area contributed by atoms with Crippen LogP contribution in [0.15, 0.2) is 36.4 Å². The van der Waals surface area contributed by atoms with Crippen LogP contribution in [-0.4, -0.2) is 7.11 Å². The van der Waals surface area contributed by atoms with E-state index in [1.54, 1.807) is 7.11 Å². The van der Waals surface area contributed by atoms with Crippen molar-refractivity contribution in [2.45, 2.75) is 13.3 Å². The van der Waals surface area contributed by atoms with Crippen LogP contribution < -0.4 is 10.5 Å². The van der Waals surface area contributed by atoms with Gasteiger partial charge in [0.25, 0.3) is 0 Å². The number of halogens is 1. The number of rotatable bonds is 3. The highest BCUT2D eigenvalue weighted by Crippen LogP contribution is 2.29. The van der Waals surface area contributed by atoms with Crippen LogP contribution in [0.4, 0.5) is 5.69 Å². The normalized spacial score (nSPS) is 10.4. The Balaban J connectivity index is 2.39. The van der Waals surface area contributed by atoms with Gasteiger partial charge in [-0.05, 0) is 42.3 Å². The number of aryl methyl sites for hydroxylation is 1. The van der Waals surface area contributed by atoms with Gasteiger partial charge in [-0.2, -0.15) is 0 Å². The second-order valence-corrected chi connectivity index (χ2v) is 4.77. The topological polar surface area (TPSA) is 35.2 Å². The molecule has 0 amide bonds. The molecule has 2 N–H and O–H groups in total. The first-order valence-corrected chi connectivity index (χ1v) is 6.15. The molecule has 2 rings (SSSR count). The predicted octanol–water partition coefficient (Wildman–Crippen LogP) is 3.83. The van der Waals surface area contributed by atoms with E-state index >= 15 is 0 Å². The van der Waals surface area contributed by atoms with E-state index in [4.69, 9.17) is 22.1 Å². The highest BCUT2D eigenvalue weighted by molar-refractivity contribution is 6.30. The Morgan fingerprint density at radius 1 is 1.22 bits per heavy atom. The molecule has 0 aliphatic heterocycles. The maximum atomic E-state index is 6.10. The van der Waals surface area contributed by atoms with Gasteiger partial charge in [-0.15, -0.1) is 0 Å². The summed E-state index contributed by atoms with van der Waals surface area (Å²) in [5.41, 5.74) is 9.82. The largest absolute Gasteiger partial charge is 0.496 e. The van der Waals surface area contributed by atoms with Gasteiger partial charge < -0.3 is 10.5 Å². The molecule has 0 aromatic heterocycles. The van der Waals surface area contributed by atoms with Crippen LogP contribution >= 0.6 is 11.6 Å². The van der Waals surface area contributed by atoms with Gasteiger partial charge >= 0.3 is 0 Å². The zero-order chi connectivity index (χ0) is 13.1. The molecule has 2 nitrogen and oxygen atoms in total. The van der Waals surface area contributed by atoms with Gasteiger partial charge in [0.15, 0.2) is 0 Å². The standard InChI is InChI=1S/C15H16ClNO/c1-10-6-13(16)9-12(15(10)18-2)7-11-4-3-5-14(17)8-11/h3-6,8-9H,7,17H2,1-2H3. The number of nitrogens with two attached hydrogens (primary N) is 1. The van der Waals surface area contributed by atoms with Crippen molar-refractivity contribution >= 4 is 17.3 Å². The lowest BCUT2D eigenvalue weighted by Gasteiger charge is -2.12. The number of nitrogen functional groups attached to an aromatic ring is 1. The summed E-state index contributed by atoms with van der Waals surface area (Å²) >= 11 is 6.10. The highest BCUT2D eigenvalue weighted by atomic mass is 35.5. The molecule has 2 aromatic rings. The second-order valence-electron chi connectivity index (χ2n) is 4.34. The van der Waals surface area contributed by atoms with Crippen LogP contribution in [0.2, 0.25) is 5.02 Å². The molecule has 2 aromatic carbocycles.